The number of halogens is 2. The Labute approximate surface area is 212 Å². The molecule has 3 aromatic carbocycles. The van der Waals surface area contributed by atoms with Gasteiger partial charge in [-0.1, -0.05) is 70.0 Å². The van der Waals surface area contributed by atoms with Gasteiger partial charge in [0, 0.05) is 32.5 Å². The molecule has 1 aromatic heterocycles. The van der Waals surface area contributed by atoms with Crippen LogP contribution in [0.25, 0.3) is 10.9 Å². The summed E-state index contributed by atoms with van der Waals surface area (Å²) < 4.78 is 0.935. The largest absolute Gasteiger partial charge is 0.389 e. The van der Waals surface area contributed by atoms with Crippen molar-refractivity contribution in [3.05, 3.63) is 115 Å². The van der Waals surface area contributed by atoms with Gasteiger partial charge in [-0.3, -0.25) is 4.79 Å². The van der Waals surface area contributed by atoms with Gasteiger partial charge in [-0.25, -0.2) is 0 Å². The molecule has 1 aliphatic rings. The molecular weight excluding hydrogens is 512 g/mol. The molecule has 6 heteroatoms. The summed E-state index contributed by atoms with van der Waals surface area (Å²) in [4.78, 5) is 16.4. The minimum atomic E-state index is -1.09. The normalized spacial score (nSPS) is 21.4. The highest BCUT2D eigenvalue weighted by molar-refractivity contribution is 9.10. The highest BCUT2D eigenvalue weighted by Crippen LogP contribution is 2.41. The van der Waals surface area contributed by atoms with E-state index >= 15 is 0 Å². The summed E-state index contributed by atoms with van der Waals surface area (Å²) in [5.74, 6) is -0.489. The van der Waals surface area contributed by atoms with E-state index in [1.165, 1.54) is 5.56 Å². The van der Waals surface area contributed by atoms with E-state index < -0.39 is 11.5 Å². The number of pyridine rings is 1. The number of aromatic nitrogens is 1. The van der Waals surface area contributed by atoms with Crippen molar-refractivity contribution in [1.29, 1.82) is 0 Å². The van der Waals surface area contributed by atoms with E-state index in [1.54, 1.807) is 0 Å². The van der Waals surface area contributed by atoms with Crippen LogP contribution in [-0.4, -0.2) is 28.3 Å². The molecule has 0 radical (unpaired) electrons. The Morgan fingerprint density at radius 1 is 1.06 bits per heavy atom. The SMILES string of the molecule is O=c1[nH]c2ccc(Br)cc2cc1C(c1ccc(Cl)cc1)C1(O)CCNC(Cc2ccccc2)C1. The first kappa shape index (κ1) is 23.3. The van der Waals surface area contributed by atoms with E-state index in [0.717, 1.165) is 27.4 Å². The topological polar surface area (TPSA) is 65.1 Å². The standard InChI is InChI=1S/C28H26BrClN2O2/c29-21-8-11-25-20(15-21)16-24(27(33)32-25)26(19-6-9-22(30)10-7-19)28(34)12-13-31-23(17-28)14-18-4-2-1-3-5-18/h1-11,15-16,23,26,31,34H,12-14,17H2,(H,32,33). The lowest BCUT2D eigenvalue weighted by Crippen LogP contribution is -2.52. The van der Waals surface area contributed by atoms with Gasteiger partial charge in [0.1, 0.15) is 0 Å². The molecule has 0 saturated carbocycles. The van der Waals surface area contributed by atoms with Crippen LogP contribution in [0.3, 0.4) is 0 Å². The number of hydrogen-bond acceptors (Lipinski definition) is 3. The van der Waals surface area contributed by atoms with Gasteiger partial charge >= 0.3 is 0 Å². The molecule has 1 fully saturated rings. The lowest BCUT2D eigenvalue weighted by Gasteiger charge is -2.43. The zero-order valence-electron chi connectivity index (χ0n) is 18.6. The van der Waals surface area contributed by atoms with Crippen molar-refractivity contribution in [2.24, 2.45) is 0 Å². The van der Waals surface area contributed by atoms with E-state index in [1.807, 2.05) is 66.7 Å². The molecule has 34 heavy (non-hydrogen) atoms. The number of H-pyrrole nitrogens is 1. The maximum Gasteiger partial charge on any atom is 0.252 e. The highest BCUT2D eigenvalue weighted by Gasteiger charge is 2.43. The Morgan fingerprint density at radius 2 is 1.82 bits per heavy atom. The van der Waals surface area contributed by atoms with E-state index in [-0.39, 0.29) is 11.6 Å². The van der Waals surface area contributed by atoms with Crippen molar-refractivity contribution in [2.45, 2.75) is 36.8 Å². The molecule has 4 aromatic rings. The second-order valence-corrected chi connectivity index (χ2v) is 10.5. The lowest BCUT2D eigenvalue weighted by molar-refractivity contribution is -0.0188. The number of aromatic amines is 1. The van der Waals surface area contributed by atoms with E-state index in [9.17, 15) is 9.90 Å². The summed E-state index contributed by atoms with van der Waals surface area (Å²) in [5, 5.41) is 17.3. The quantitative estimate of drug-likeness (QED) is 0.301. The van der Waals surface area contributed by atoms with Crippen LogP contribution in [0.1, 0.15) is 35.4 Å². The molecule has 3 atom stereocenters. The monoisotopic (exact) mass is 536 g/mol. The van der Waals surface area contributed by atoms with Crippen molar-refractivity contribution in [3.8, 4) is 0 Å². The molecule has 2 heterocycles. The summed E-state index contributed by atoms with van der Waals surface area (Å²) in [6.07, 6.45) is 1.89. The smallest absolute Gasteiger partial charge is 0.252 e. The molecule has 4 nitrogen and oxygen atoms in total. The van der Waals surface area contributed by atoms with Crippen LogP contribution < -0.4 is 10.9 Å². The third kappa shape index (κ3) is 4.84. The third-order valence-corrected chi connectivity index (χ3v) is 7.55. The summed E-state index contributed by atoms with van der Waals surface area (Å²) >= 11 is 9.71. The fourth-order valence-electron chi connectivity index (χ4n) is 5.24. The predicted octanol–water partition coefficient (Wildman–Crippen LogP) is 5.80. The van der Waals surface area contributed by atoms with Gasteiger partial charge in [-0.05, 0) is 78.7 Å². The average Bonchev–Trinajstić information content (AvgIpc) is 2.82. The second kappa shape index (κ2) is 9.67. The van der Waals surface area contributed by atoms with E-state index in [4.69, 9.17) is 11.6 Å². The van der Waals surface area contributed by atoms with Crippen LogP contribution in [0.5, 0.6) is 0 Å². The van der Waals surface area contributed by atoms with Crippen molar-refractivity contribution in [2.75, 3.05) is 6.54 Å². The van der Waals surface area contributed by atoms with Crippen LogP contribution in [-0.2, 0) is 6.42 Å². The Morgan fingerprint density at radius 3 is 2.59 bits per heavy atom. The zero-order valence-corrected chi connectivity index (χ0v) is 20.9. The Balaban J connectivity index is 1.59. The number of hydrogen-bond donors (Lipinski definition) is 3. The van der Waals surface area contributed by atoms with Crippen LogP contribution in [0.2, 0.25) is 5.02 Å². The van der Waals surface area contributed by atoms with Crippen LogP contribution in [0.15, 0.2) is 88.1 Å². The third-order valence-electron chi connectivity index (χ3n) is 6.80. The van der Waals surface area contributed by atoms with Crippen LogP contribution in [0, 0.1) is 0 Å². The van der Waals surface area contributed by atoms with Gasteiger partial charge in [-0.2, -0.15) is 0 Å². The minimum Gasteiger partial charge on any atom is -0.389 e. The molecule has 3 unspecified atom stereocenters. The first-order chi connectivity index (χ1) is 16.4. The summed E-state index contributed by atoms with van der Waals surface area (Å²) in [6.45, 7) is 0.676. The Bertz CT molecular complexity index is 1360. The molecule has 0 aliphatic carbocycles. The predicted molar refractivity (Wildman–Crippen MR) is 142 cm³/mol. The maximum atomic E-state index is 13.3. The minimum absolute atomic E-state index is 0.102. The number of aliphatic hydroxyl groups is 1. The van der Waals surface area contributed by atoms with Crippen molar-refractivity contribution >= 4 is 38.4 Å². The van der Waals surface area contributed by atoms with Gasteiger partial charge in [0.2, 0.25) is 0 Å². The van der Waals surface area contributed by atoms with Gasteiger partial charge in [-0.15, -0.1) is 0 Å². The zero-order chi connectivity index (χ0) is 23.7. The van der Waals surface area contributed by atoms with Crippen molar-refractivity contribution in [3.63, 3.8) is 0 Å². The molecule has 5 rings (SSSR count). The summed E-state index contributed by atoms with van der Waals surface area (Å²) in [7, 11) is 0. The van der Waals surface area contributed by atoms with Gasteiger partial charge < -0.3 is 15.4 Å². The number of rotatable bonds is 5. The molecule has 0 bridgehead atoms. The number of fused-ring (bicyclic) bond motifs is 1. The molecule has 174 valence electrons. The van der Waals surface area contributed by atoms with Gasteiger partial charge in [0.15, 0.2) is 0 Å². The lowest BCUT2D eigenvalue weighted by atomic mass is 9.70. The Kier molecular flexibility index (Phi) is 6.63. The van der Waals surface area contributed by atoms with Crippen LogP contribution >= 0.6 is 27.5 Å². The number of piperidine rings is 1. The number of benzene rings is 3. The van der Waals surface area contributed by atoms with Crippen molar-refractivity contribution < 1.29 is 5.11 Å². The molecule has 1 aliphatic heterocycles. The molecule has 3 N–H and O–H groups in total. The fraction of sp³-hybridized carbons (Fsp3) is 0.250. The average molecular weight is 538 g/mol. The summed E-state index contributed by atoms with van der Waals surface area (Å²) in [5.41, 5.74) is 2.17. The van der Waals surface area contributed by atoms with Crippen LogP contribution in [0.4, 0.5) is 0 Å². The molecular formula is C28H26BrClN2O2. The second-order valence-electron chi connectivity index (χ2n) is 9.17. The first-order valence-corrected chi connectivity index (χ1v) is 12.7. The molecule has 1 saturated heterocycles. The number of nitrogens with one attached hydrogen (secondary N) is 2. The highest BCUT2D eigenvalue weighted by atomic mass is 79.9. The van der Waals surface area contributed by atoms with Gasteiger partial charge in [0.05, 0.1) is 5.60 Å². The molecule has 0 amide bonds. The molecule has 0 spiro atoms. The van der Waals surface area contributed by atoms with E-state index in [2.05, 4.69) is 38.4 Å². The Hall–Kier alpha value is -2.44. The fourth-order valence-corrected chi connectivity index (χ4v) is 5.75. The van der Waals surface area contributed by atoms with Gasteiger partial charge in [0.25, 0.3) is 5.56 Å². The van der Waals surface area contributed by atoms with E-state index in [0.29, 0.717) is 30.0 Å². The first-order valence-electron chi connectivity index (χ1n) is 11.5. The summed E-state index contributed by atoms with van der Waals surface area (Å²) in [6, 6.07) is 25.6. The maximum absolute atomic E-state index is 13.3. The van der Waals surface area contributed by atoms with Crippen molar-refractivity contribution in [1.82, 2.24) is 10.3 Å².